The quantitative estimate of drug-likeness (QED) is 0.106. The molecule has 3 heterocycles. The monoisotopic (exact) mass is 866 g/mol. The number of benzene rings is 6. The van der Waals surface area contributed by atoms with Gasteiger partial charge in [0.15, 0.2) is 46.7 Å². The van der Waals surface area contributed by atoms with E-state index in [1.54, 1.807) is 0 Å². The topological polar surface area (TPSA) is 331 Å². The van der Waals surface area contributed by atoms with Gasteiger partial charge in [0.25, 0.3) is 0 Å². The first-order valence-electron chi connectivity index (χ1n) is 19.3. The number of fused-ring (bicyclic) bond motifs is 3. The molecule has 0 bridgehead atoms. The number of hydrogen-bond acceptors (Lipinski definition) is 18. The van der Waals surface area contributed by atoms with E-state index in [1.165, 1.54) is 30.3 Å². The van der Waals surface area contributed by atoms with Crippen molar-refractivity contribution in [2.45, 2.75) is 54.9 Å². The molecule has 0 spiro atoms. The predicted molar refractivity (Wildman–Crippen MR) is 214 cm³/mol. The van der Waals surface area contributed by atoms with Gasteiger partial charge >= 0.3 is 0 Å². The van der Waals surface area contributed by atoms with Gasteiger partial charge in [-0.2, -0.15) is 0 Å². The molecule has 326 valence electrons. The Hall–Kier alpha value is -7.80. The van der Waals surface area contributed by atoms with Crippen LogP contribution in [-0.2, 0) is 6.42 Å². The van der Waals surface area contributed by atoms with Crippen molar-refractivity contribution in [2.75, 3.05) is 0 Å². The zero-order valence-corrected chi connectivity index (χ0v) is 32.3. The largest absolute Gasteiger partial charge is 0.508 e. The SMILES string of the molecule is Oc1cc(O)c2c(c1)O[C@H](c1ccc(O)c(O)c1)[C@H](O)[C@H]2c1c(O)cc(O)c2c1O[C@H](c1ccc(O)c(O)c1)[C@H](O)[C@H]2c1c(O)cc2c(c1O)C[C@H](O)[C@@H](c1ccc(O)c(O)c1)O2. The highest BCUT2D eigenvalue weighted by molar-refractivity contribution is 5.70. The Balaban J connectivity index is 1.26. The minimum absolute atomic E-state index is 0.0175. The summed E-state index contributed by atoms with van der Waals surface area (Å²) in [6, 6.07) is 14.6. The Morgan fingerprint density at radius 1 is 0.381 bits per heavy atom. The number of ether oxygens (including phenoxy) is 3. The second kappa shape index (κ2) is 14.7. The van der Waals surface area contributed by atoms with E-state index in [9.17, 15) is 76.6 Å². The molecule has 0 amide bonds. The second-order valence-corrected chi connectivity index (χ2v) is 15.7. The van der Waals surface area contributed by atoms with Gasteiger partial charge in [0.1, 0.15) is 70.1 Å². The van der Waals surface area contributed by atoms with Crippen molar-refractivity contribution in [3.63, 3.8) is 0 Å². The van der Waals surface area contributed by atoms with Crippen LogP contribution in [0.2, 0.25) is 0 Å². The van der Waals surface area contributed by atoms with Crippen molar-refractivity contribution in [2.24, 2.45) is 0 Å². The van der Waals surface area contributed by atoms with Crippen LogP contribution in [0.3, 0.4) is 0 Å². The summed E-state index contributed by atoms with van der Waals surface area (Å²) in [4.78, 5) is 0. The van der Waals surface area contributed by atoms with Crippen molar-refractivity contribution in [3.8, 4) is 86.2 Å². The molecule has 18 heteroatoms. The molecule has 3 aliphatic rings. The van der Waals surface area contributed by atoms with Gasteiger partial charge in [-0.3, -0.25) is 0 Å². The van der Waals surface area contributed by atoms with Gasteiger partial charge in [-0.05, 0) is 53.1 Å². The molecule has 0 unspecified atom stereocenters. The Kier molecular flexibility index (Phi) is 9.46. The highest BCUT2D eigenvalue weighted by Crippen LogP contribution is 2.62. The lowest BCUT2D eigenvalue weighted by Crippen LogP contribution is -2.38. The third-order valence-electron chi connectivity index (χ3n) is 11.8. The first-order valence-corrected chi connectivity index (χ1v) is 19.3. The highest BCUT2D eigenvalue weighted by atomic mass is 16.5. The van der Waals surface area contributed by atoms with E-state index in [4.69, 9.17) is 14.2 Å². The zero-order chi connectivity index (χ0) is 44.9. The molecule has 9 rings (SSSR count). The summed E-state index contributed by atoms with van der Waals surface area (Å²) in [5.74, 6) is -11.5. The highest BCUT2D eigenvalue weighted by Gasteiger charge is 2.50. The Morgan fingerprint density at radius 3 is 1.35 bits per heavy atom. The fourth-order valence-corrected chi connectivity index (χ4v) is 8.93. The van der Waals surface area contributed by atoms with E-state index in [1.807, 2.05) is 0 Å². The van der Waals surface area contributed by atoms with Crippen LogP contribution in [0.25, 0.3) is 0 Å². The minimum atomic E-state index is -1.91. The maximum absolute atomic E-state index is 12.3. The molecule has 0 saturated carbocycles. The Labute approximate surface area is 354 Å². The van der Waals surface area contributed by atoms with Gasteiger partial charge in [0, 0.05) is 58.5 Å². The van der Waals surface area contributed by atoms with E-state index in [0.29, 0.717) is 0 Å². The van der Waals surface area contributed by atoms with Crippen molar-refractivity contribution in [3.05, 3.63) is 123 Å². The van der Waals surface area contributed by atoms with Gasteiger partial charge in [0.2, 0.25) is 0 Å². The van der Waals surface area contributed by atoms with Crippen LogP contribution in [0.15, 0.2) is 78.9 Å². The van der Waals surface area contributed by atoms with Crippen LogP contribution in [0, 0.1) is 0 Å². The maximum atomic E-state index is 12.3. The summed E-state index contributed by atoms with van der Waals surface area (Å²) >= 11 is 0. The van der Waals surface area contributed by atoms with Gasteiger partial charge in [0.05, 0.1) is 17.9 Å². The molecule has 0 radical (unpaired) electrons. The third-order valence-corrected chi connectivity index (χ3v) is 11.8. The molecule has 6 aromatic carbocycles. The van der Waals surface area contributed by atoms with Crippen molar-refractivity contribution < 1.29 is 90.8 Å². The fourth-order valence-electron chi connectivity index (χ4n) is 8.93. The summed E-state index contributed by atoms with van der Waals surface area (Å²) in [7, 11) is 0. The Bertz CT molecular complexity index is 2840. The first kappa shape index (κ1) is 40.6. The Morgan fingerprint density at radius 2 is 0.825 bits per heavy atom. The summed E-state index contributed by atoms with van der Waals surface area (Å²) < 4.78 is 18.5. The molecule has 6 aromatic rings. The number of aromatic hydroxyl groups is 12. The molecule has 8 atom stereocenters. The number of phenolic OH excluding ortho intramolecular Hbond substituents is 12. The smallest absolute Gasteiger partial charge is 0.157 e. The number of phenols is 12. The number of aliphatic hydroxyl groups excluding tert-OH is 3. The molecule has 0 saturated heterocycles. The molecule has 0 aliphatic carbocycles. The van der Waals surface area contributed by atoms with E-state index in [-0.39, 0.29) is 56.9 Å². The average Bonchev–Trinajstić information content (AvgIpc) is 3.22. The lowest BCUT2D eigenvalue weighted by atomic mass is 9.73. The zero-order valence-electron chi connectivity index (χ0n) is 32.3. The lowest BCUT2D eigenvalue weighted by molar-refractivity contribution is -0.00377. The van der Waals surface area contributed by atoms with Crippen LogP contribution in [0.1, 0.15) is 74.7 Å². The maximum Gasteiger partial charge on any atom is 0.157 e. The van der Waals surface area contributed by atoms with Crippen LogP contribution in [-0.4, -0.2) is 94.9 Å². The molecule has 0 fully saturated rings. The van der Waals surface area contributed by atoms with E-state index >= 15 is 0 Å². The molecular formula is C45H38O18. The molecule has 18 nitrogen and oxygen atoms in total. The van der Waals surface area contributed by atoms with Crippen LogP contribution in [0.4, 0.5) is 0 Å². The van der Waals surface area contributed by atoms with Gasteiger partial charge in [-0.25, -0.2) is 0 Å². The number of hydrogen-bond donors (Lipinski definition) is 15. The normalized spacial score (nSPS) is 23.6. The van der Waals surface area contributed by atoms with E-state index in [0.717, 1.165) is 48.5 Å². The minimum Gasteiger partial charge on any atom is -0.508 e. The van der Waals surface area contributed by atoms with Gasteiger partial charge in [-0.15, -0.1) is 0 Å². The van der Waals surface area contributed by atoms with E-state index in [2.05, 4.69) is 0 Å². The summed E-state index contributed by atoms with van der Waals surface area (Å²) in [5.41, 5.74) is -1.17. The molecular weight excluding hydrogens is 828 g/mol. The molecule has 63 heavy (non-hydrogen) atoms. The summed E-state index contributed by atoms with van der Waals surface area (Å²) in [6.45, 7) is 0. The van der Waals surface area contributed by atoms with Crippen molar-refractivity contribution in [1.82, 2.24) is 0 Å². The van der Waals surface area contributed by atoms with Crippen LogP contribution in [0.5, 0.6) is 86.2 Å². The predicted octanol–water partition coefficient (Wildman–Crippen LogP) is 4.44. The fraction of sp³-hybridized carbons (Fsp3) is 0.200. The van der Waals surface area contributed by atoms with Crippen molar-refractivity contribution >= 4 is 0 Å². The molecule has 15 N–H and O–H groups in total. The summed E-state index contributed by atoms with van der Waals surface area (Å²) in [6.07, 6.45) is -9.76. The van der Waals surface area contributed by atoms with Crippen LogP contribution >= 0.6 is 0 Å². The standard InChI is InChI=1S/C45H38O18/c46-18-10-26(53)33-32(11-18)62-43(16-2-5-21(48)24(51)8-16)40(59)37(33)35-27(54)13-28(55)36-38(41(60)44(63-45(35)36)17-3-6-22(49)25(52)9-17)34-29(56)14-31-19(39(34)58)12-30(57)42(61-31)15-1-4-20(47)23(50)7-15/h1-11,13-14,30,37-38,40-44,46-60H,12H2/t30-,37+,38-,40+,41+,42+,43+,44+/m0/s1. The van der Waals surface area contributed by atoms with E-state index < -0.39 is 129 Å². The second-order valence-electron chi connectivity index (χ2n) is 15.7. The third kappa shape index (κ3) is 6.46. The van der Waals surface area contributed by atoms with Crippen molar-refractivity contribution in [1.29, 1.82) is 0 Å². The first-order chi connectivity index (χ1) is 29.9. The van der Waals surface area contributed by atoms with Gasteiger partial charge in [-0.1, -0.05) is 18.2 Å². The molecule has 3 aliphatic heterocycles. The lowest BCUT2D eigenvalue weighted by Gasteiger charge is -2.42. The molecule has 0 aromatic heterocycles. The van der Waals surface area contributed by atoms with Gasteiger partial charge < -0.3 is 90.8 Å². The number of rotatable bonds is 5. The van der Waals surface area contributed by atoms with Crippen LogP contribution < -0.4 is 14.2 Å². The average molecular weight is 867 g/mol. The summed E-state index contributed by atoms with van der Waals surface area (Å²) in [5, 5.41) is 166. The number of aliphatic hydroxyl groups is 3.